The van der Waals surface area contributed by atoms with Crippen LogP contribution in [0.3, 0.4) is 0 Å². The number of allylic oxidation sites excluding steroid dienone is 1. The van der Waals surface area contributed by atoms with Crippen LogP contribution in [-0.2, 0) is 0 Å². The van der Waals surface area contributed by atoms with Crippen molar-refractivity contribution in [3.05, 3.63) is 41.5 Å². The summed E-state index contributed by atoms with van der Waals surface area (Å²) in [6.07, 6.45) is 7.23. The van der Waals surface area contributed by atoms with E-state index in [2.05, 4.69) is 17.5 Å². The molecule has 1 aliphatic carbocycles. The molecule has 3 nitrogen and oxygen atoms in total. The van der Waals surface area contributed by atoms with Crippen molar-refractivity contribution in [1.82, 2.24) is 5.32 Å². The number of amides is 1. The van der Waals surface area contributed by atoms with E-state index in [1.165, 1.54) is 0 Å². The lowest BCUT2D eigenvalue weighted by atomic mass is 10.0. The molecule has 0 aliphatic heterocycles. The molecule has 0 spiro atoms. The van der Waals surface area contributed by atoms with Crippen LogP contribution in [0, 0.1) is 6.92 Å². The Morgan fingerprint density at radius 2 is 2.24 bits per heavy atom. The first-order valence-electron chi connectivity index (χ1n) is 5.99. The van der Waals surface area contributed by atoms with Gasteiger partial charge >= 0.3 is 0 Å². The molecule has 1 aromatic carbocycles. The van der Waals surface area contributed by atoms with Crippen molar-refractivity contribution >= 4 is 11.6 Å². The first-order chi connectivity index (χ1) is 8.18. The van der Waals surface area contributed by atoms with E-state index in [9.17, 15) is 4.79 Å². The average molecular weight is 230 g/mol. The van der Waals surface area contributed by atoms with Crippen molar-refractivity contribution in [3.8, 4) is 0 Å². The van der Waals surface area contributed by atoms with Crippen LogP contribution >= 0.6 is 0 Å². The van der Waals surface area contributed by atoms with Gasteiger partial charge in [-0.05, 0) is 37.8 Å². The standard InChI is InChI=1S/C14H18N2O/c1-10-6-5-9-12(13(10)15)14(17)16-11-7-3-2-4-8-11/h2-3,5-6,9,11H,4,7-8,15H2,1H3,(H,16,17). The van der Waals surface area contributed by atoms with Gasteiger partial charge in [0.2, 0.25) is 0 Å². The highest BCUT2D eigenvalue weighted by Crippen LogP contribution is 2.17. The van der Waals surface area contributed by atoms with Crippen LogP contribution in [-0.4, -0.2) is 11.9 Å². The van der Waals surface area contributed by atoms with Crippen molar-refractivity contribution in [2.45, 2.75) is 32.2 Å². The molecule has 1 aromatic rings. The normalized spacial score (nSPS) is 19.0. The van der Waals surface area contributed by atoms with Crippen LogP contribution in [0.1, 0.15) is 35.2 Å². The summed E-state index contributed by atoms with van der Waals surface area (Å²) in [5.74, 6) is -0.0634. The second-order valence-electron chi connectivity index (χ2n) is 4.49. The first-order valence-corrected chi connectivity index (χ1v) is 5.99. The lowest BCUT2D eigenvalue weighted by Gasteiger charge is -2.20. The molecule has 1 amide bonds. The molecular weight excluding hydrogens is 212 g/mol. The monoisotopic (exact) mass is 230 g/mol. The minimum Gasteiger partial charge on any atom is -0.398 e. The third-order valence-electron chi connectivity index (χ3n) is 3.17. The summed E-state index contributed by atoms with van der Waals surface area (Å²) >= 11 is 0. The number of hydrogen-bond donors (Lipinski definition) is 2. The molecule has 1 unspecified atom stereocenters. The summed E-state index contributed by atoms with van der Waals surface area (Å²) in [6, 6.07) is 5.79. The summed E-state index contributed by atoms with van der Waals surface area (Å²) in [7, 11) is 0. The van der Waals surface area contributed by atoms with Gasteiger partial charge in [-0.2, -0.15) is 0 Å². The highest BCUT2D eigenvalue weighted by molar-refractivity contribution is 5.99. The van der Waals surface area contributed by atoms with Crippen molar-refractivity contribution in [3.63, 3.8) is 0 Å². The van der Waals surface area contributed by atoms with Gasteiger partial charge in [0.25, 0.3) is 5.91 Å². The molecule has 3 heteroatoms. The Morgan fingerprint density at radius 3 is 2.94 bits per heavy atom. The third kappa shape index (κ3) is 2.67. The highest BCUT2D eigenvalue weighted by atomic mass is 16.1. The average Bonchev–Trinajstić information content (AvgIpc) is 2.34. The summed E-state index contributed by atoms with van der Waals surface area (Å²) in [4.78, 5) is 12.1. The van der Waals surface area contributed by atoms with Gasteiger partial charge in [-0.25, -0.2) is 0 Å². The van der Waals surface area contributed by atoms with Gasteiger partial charge in [0.15, 0.2) is 0 Å². The summed E-state index contributed by atoms with van der Waals surface area (Å²) in [6.45, 7) is 1.91. The van der Waals surface area contributed by atoms with E-state index in [0.29, 0.717) is 11.3 Å². The van der Waals surface area contributed by atoms with Gasteiger partial charge in [-0.3, -0.25) is 4.79 Å². The summed E-state index contributed by atoms with van der Waals surface area (Å²) in [5.41, 5.74) is 8.02. The van der Waals surface area contributed by atoms with Crippen molar-refractivity contribution in [2.75, 3.05) is 5.73 Å². The summed E-state index contributed by atoms with van der Waals surface area (Å²) < 4.78 is 0. The number of hydrogen-bond acceptors (Lipinski definition) is 2. The molecule has 0 saturated carbocycles. The molecule has 0 saturated heterocycles. The SMILES string of the molecule is Cc1cccc(C(=O)NC2CC=CCC2)c1N. The number of rotatable bonds is 2. The fourth-order valence-corrected chi connectivity index (χ4v) is 2.07. The van der Waals surface area contributed by atoms with Crippen molar-refractivity contribution < 1.29 is 4.79 Å². The molecule has 0 heterocycles. The zero-order chi connectivity index (χ0) is 12.3. The predicted octanol–water partition coefficient (Wildman–Crippen LogP) is 2.42. The van der Waals surface area contributed by atoms with E-state index in [1.54, 1.807) is 6.07 Å². The Kier molecular flexibility index (Phi) is 3.47. The maximum Gasteiger partial charge on any atom is 0.253 e. The highest BCUT2D eigenvalue weighted by Gasteiger charge is 2.16. The quantitative estimate of drug-likeness (QED) is 0.605. The minimum atomic E-state index is -0.0634. The lowest BCUT2D eigenvalue weighted by molar-refractivity contribution is 0.0935. The zero-order valence-electron chi connectivity index (χ0n) is 10.1. The van der Waals surface area contributed by atoms with Crippen LogP contribution < -0.4 is 11.1 Å². The van der Waals surface area contributed by atoms with E-state index in [1.807, 2.05) is 19.1 Å². The predicted molar refractivity (Wildman–Crippen MR) is 69.8 cm³/mol. The van der Waals surface area contributed by atoms with E-state index in [0.717, 1.165) is 24.8 Å². The number of anilines is 1. The molecule has 0 bridgehead atoms. The number of benzene rings is 1. The molecule has 17 heavy (non-hydrogen) atoms. The molecule has 3 N–H and O–H groups in total. The van der Waals surface area contributed by atoms with Gasteiger partial charge in [-0.15, -0.1) is 0 Å². The van der Waals surface area contributed by atoms with Gasteiger partial charge in [0.05, 0.1) is 5.56 Å². The smallest absolute Gasteiger partial charge is 0.253 e. The van der Waals surface area contributed by atoms with Crippen LogP contribution in [0.25, 0.3) is 0 Å². The maximum atomic E-state index is 12.1. The van der Waals surface area contributed by atoms with Crippen LogP contribution in [0.5, 0.6) is 0 Å². The number of aryl methyl sites for hydroxylation is 1. The largest absolute Gasteiger partial charge is 0.398 e. The Bertz CT molecular complexity index is 452. The Balaban J connectivity index is 2.09. The van der Waals surface area contributed by atoms with Crippen molar-refractivity contribution in [2.24, 2.45) is 0 Å². The Labute approximate surface area is 102 Å². The first kappa shape index (κ1) is 11.7. The second-order valence-corrected chi connectivity index (χ2v) is 4.49. The van der Waals surface area contributed by atoms with E-state index < -0.39 is 0 Å². The Morgan fingerprint density at radius 1 is 1.41 bits per heavy atom. The number of nitrogen functional groups attached to an aromatic ring is 1. The molecule has 90 valence electrons. The van der Waals surface area contributed by atoms with E-state index in [4.69, 9.17) is 5.73 Å². The number of nitrogens with one attached hydrogen (secondary N) is 1. The van der Waals surface area contributed by atoms with Gasteiger partial charge in [0.1, 0.15) is 0 Å². The number of para-hydroxylation sites is 1. The summed E-state index contributed by atoms with van der Waals surface area (Å²) in [5, 5.41) is 3.03. The van der Waals surface area contributed by atoms with Gasteiger partial charge < -0.3 is 11.1 Å². The molecule has 1 aliphatic rings. The molecule has 0 aromatic heterocycles. The molecular formula is C14H18N2O. The van der Waals surface area contributed by atoms with Crippen LogP contribution in [0.2, 0.25) is 0 Å². The minimum absolute atomic E-state index is 0.0634. The molecule has 1 atom stereocenters. The third-order valence-corrected chi connectivity index (χ3v) is 3.17. The molecule has 0 fully saturated rings. The number of carbonyl (C=O) groups excluding carboxylic acids is 1. The lowest BCUT2D eigenvalue weighted by Crippen LogP contribution is -2.35. The van der Waals surface area contributed by atoms with Crippen LogP contribution in [0.15, 0.2) is 30.4 Å². The van der Waals surface area contributed by atoms with Crippen molar-refractivity contribution in [1.29, 1.82) is 0 Å². The fraction of sp³-hybridized carbons (Fsp3) is 0.357. The topological polar surface area (TPSA) is 55.1 Å². The zero-order valence-corrected chi connectivity index (χ0v) is 10.1. The molecule has 0 radical (unpaired) electrons. The number of nitrogens with two attached hydrogens (primary N) is 1. The molecule has 2 rings (SSSR count). The van der Waals surface area contributed by atoms with Gasteiger partial charge in [0, 0.05) is 11.7 Å². The maximum absolute atomic E-state index is 12.1. The van der Waals surface area contributed by atoms with Crippen LogP contribution in [0.4, 0.5) is 5.69 Å². The van der Waals surface area contributed by atoms with Gasteiger partial charge in [-0.1, -0.05) is 24.3 Å². The van der Waals surface area contributed by atoms with E-state index in [-0.39, 0.29) is 11.9 Å². The Hall–Kier alpha value is -1.77. The second kappa shape index (κ2) is 5.04. The number of carbonyl (C=O) groups is 1. The van der Waals surface area contributed by atoms with E-state index >= 15 is 0 Å². The fourth-order valence-electron chi connectivity index (χ4n) is 2.07.